The first kappa shape index (κ1) is 11.9. The van der Waals surface area contributed by atoms with E-state index in [4.69, 9.17) is 11.6 Å². The van der Waals surface area contributed by atoms with Gasteiger partial charge < -0.3 is 5.32 Å². The number of hydrogen-bond donors (Lipinski definition) is 1. The van der Waals surface area contributed by atoms with Crippen LogP contribution in [0.25, 0.3) is 0 Å². The van der Waals surface area contributed by atoms with Gasteiger partial charge in [-0.25, -0.2) is 0 Å². The van der Waals surface area contributed by atoms with Crippen molar-refractivity contribution in [3.63, 3.8) is 0 Å². The van der Waals surface area contributed by atoms with Gasteiger partial charge in [0.05, 0.1) is 0 Å². The highest BCUT2D eigenvalue weighted by Gasteiger charge is 1.98. The van der Waals surface area contributed by atoms with Gasteiger partial charge in [0.25, 0.3) is 0 Å². The van der Waals surface area contributed by atoms with Crippen molar-refractivity contribution in [2.75, 3.05) is 11.9 Å². The average molecular weight is 322 g/mol. The van der Waals surface area contributed by atoms with Gasteiger partial charge >= 0.3 is 0 Å². The smallest absolute Gasteiger partial charge is 0.0493 e. The van der Waals surface area contributed by atoms with E-state index >= 15 is 0 Å². The Morgan fingerprint density at radius 3 is 2.86 bits per heavy atom. The molecule has 0 saturated heterocycles. The van der Waals surface area contributed by atoms with Crippen LogP contribution in [0.3, 0.4) is 0 Å². The molecule has 0 bridgehead atoms. The second-order valence-corrected chi connectivity index (χ2v) is 4.89. The predicted octanol–water partition coefficient (Wildman–Crippen LogP) is 4.32. The molecular formula is C11H13ClIN. The maximum absolute atomic E-state index is 5.90. The quantitative estimate of drug-likeness (QED) is 0.646. The molecule has 0 radical (unpaired) electrons. The maximum Gasteiger partial charge on any atom is 0.0493 e. The minimum absolute atomic E-state index is 0.769. The van der Waals surface area contributed by atoms with Crippen molar-refractivity contribution in [3.8, 4) is 0 Å². The summed E-state index contributed by atoms with van der Waals surface area (Å²) < 4.78 is 1.19. The maximum atomic E-state index is 5.90. The minimum atomic E-state index is 0.769. The zero-order valence-electron chi connectivity index (χ0n) is 8.27. The lowest BCUT2D eigenvalue weighted by molar-refractivity contribution is 1.26. The zero-order chi connectivity index (χ0) is 10.6. The molecule has 0 spiro atoms. The molecular weight excluding hydrogens is 308 g/mol. The summed E-state index contributed by atoms with van der Waals surface area (Å²) in [6.45, 7) is 5.02. The van der Waals surface area contributed by atoms with Gasteiger partial charge in [-0.3, -0.25) is 0 Å². The molecule has 1 aromatic rings. The van der Waals surface area contributed by atoms with Crippen LogP contribution in [0.15, 0.2) is 29.8 Å². The minimum Gasteiger partial charge on any atom is -0.381 e. The Morgan fingerprint density at radius 1 is 1.50 bits per heavy atom. The normalized spacial score (nSPS) is 9.71. The molecule has 0 heterocycles. The lowest BCUT2D eigenvalue weighted by atomic mass is 10.3. The summed E-state index contributed by atoms with van der Waals surface area (Å²) in [7, 11) is 0. The summed E-state index contributed by atoms with van der Waals surface area (Å²) >= 11 is 8.19. The topological polar surface area (TPSA) is 12.0 Å². The first-order chi connectivity index (χ1) is 6.59. The molecule has 0 aromatic heterocycles. The van der Waals surface area contributed by atoms with Crippen LogP contribution in [0.4, 0.5) is 5.69 Å². The second-order valence-electron chi connectivity index (χ2n) is 3.29. The van der Waals surface area contributed by atoms with Crippen molar-refractivity contribution in [2.45, 2.75) is 13.8 Å². The van der Waals surface area contributed by atoms with Crippen molar-refractivity contribution in [3.05, 3.63) is 38.4 Å². The molecule has 14 heavy (non-hydrogen) atoms. The van der Waals surface area contributed by atoms with E-state index in [1.807, 2.05) is 18.2 Å². The third-order valence-electron chi connectivity index (χ3n) is 1.73. The summed E-state index contributed by atoms with van der Waals surface area (Å²) in [5, 5.41) is 4.09. The summed E-state index contributed by atoms with van der Waals surface area (Å²) in [4.78, 5) is 0. The molecule has 1 nitrogen and oxygen atoms in total. The van der Waals surface area contributed by atoms with E-state index in [1.54, 1.807) is 0 Å². The fourth-order valence-corrected chi connectivity index (χ4v) is 1.70. The summed E-state index contributed by atoms with van der Waals surface area (Å²) in [5.41, 5.74) is 2.41. The molecule has 0 amide bonds. The van der Waals surface area contributed by atoms with E-state index in [-0.39, 0.29) is 0 Å². The number of halogens is 2. The Labute approximate surface area is 104 Å². The molecule has 1 aromatic carbocycles. The van der Waals surface area contributed by atoms with Crippen LogP contribution in [-0.4, -0.2) is 6.54 Å². The molecule has 1 rings (SSSR count). The number of nitrogens with one attached hydrogen (secondary N) is 1. The van der Waals surface area contributed by atoms with Gasteiger partial charge in [-0.05, 0) is 54.6 Å². The molecule has 0 unspecified atom stereocenters. The largest absolute Gasteiger partial charge is 0.381 e. The fourth-order valence-electron chi connectivity index (χ4n) is 0.998. The Hall–Kier alpha value is -0.220. The van der Waals surface area contributed by atoms with Gasteiger partial charge in [-0.2, -0.15) is 0 Å². The first-order valence-corrected chi connectivity index (χ1v) is 5.87. The molecule has 1 N–H and O–H groups in total. The van der Waals surface area contributed by atoms with Crippen molar-refractivity contribution in [1.82, 2.24) is 0 Å². The number of benzene rings is 1. The fraction of sp³-hybridized carbons (Fsp3) is 0.273. The monoisotopic (exact) mass is 321 g/mol. The van der Waals surface area contributed by atoms with Gasteiger partial charge in [-0.15, -0.1) is 0 Å². The predicted molar refractivity (Wildman–Crippen MR) is 72.1 cm³/mol. The summed E-state index contributed by atoms with van der Waals surface area (Å²) in [6.07, 6.45) is 2.15. The molecule has 76 valence electrons. The van der Waals surface area contributed by atoms with Gasteiger partial charge in [0.15, 0.2) is 0 Å². The number of rotatable bonds is 3. The lowest BCUT2D eigenvalue weighted by Gasteiger charge is -2.06. The van der Waals surface area contributed by atoms with Gasteiger partial charge in [0.2, 0.25) is 0 Å². The van der Waals surface area contributed by atoms with Crippen LogP contribution in [0.1, 0.15) is 13.8 Å². The molecule has 3 heteroatoms. The molecule has 0 aliphatic carbocycles. The Kier molecular flexibility index (Phi) is 4.75. The van der Waals surface area contributed by atoms with E-state index in [2.05, 4.69) is 47.8 Å². The molecule has 0 fully saturated rings. The van der Waals surface area contributed by atoms with Crippen molar-refractivity contribution in [2.24, 2.45) is 0 Å². The van der Waals surface area contributed by atoms with E-state index in [0.717, 1.165) is 17.3 Å². The standard InChI is InChI=1S/C11H13ClIN/c1-8(2)5-6-14-11-7-9(12)3-4-10(11)13/h3-5,7,14H,6H2,1-2H3. The Balaban J connectivity index is 2.67. The van der Waals surface area contributed by atoms with E-state index in [0.29, 0.717) is 0 Å². The van der Waals surface area contributed by atoms with Gasteiger partial charge in [0, 0.05) is 20.8 Å². The SMILES string of the molecule is CC(C)=CCNc1cc(Cl)ccc1I. The molecule has 0 aliphatic heterocycles. The molecule has 0 saturated carbocycles. The van der Waals surface area contributed by atoms with Crippen LogP contribution >= 0.6 is 34.2 Å². The van der Waals surface area contributed by atoms with E-state index < -0.39 is 0 Å². The molecule has 0 aliphatic rings. The van der Waals surface area contributed by atoms with Gasteiger partial charge in [0.1, 0.15) is 0 Å². The Morgan fingerprint density at radius 2 is 2.21 bits per heavy atom. The number of hydrogen-bond acceptors (Lipinski definition) is 1. The number of allylic oxidation sites excluding steroid dienone is 1. The van der Waals surface area contributed by atoms with Crippen molar-refractivity contribution in [1.29, 1.82) is 0 Å². The summed E-state index contributed by atoms with van der Waals surface area (Å²) in [6, 6.07) is 5.85. The van der Waals surface area contributed by atoms with Crippen LogP contribution in [-0.2, 0) is 0 Å². The second kappa shape index (κ2) is 5.61. The third kappa shape index (κ3) is 3.88. The van der Waals surface area contributed by atoms with Gasteiger partial charge in [-0.1, -0.05) is 23.3 Å². The van der Waals surface area contributed by atoms with Crippen molar-refractivity contribution < 1.29 is 0 Å². The zero-order valence-corrected chi connectivity index (χ0v) is 11.2. The Bertz CT molecular complexity index is 343. The van der Waals surface area contributed by atoms with Crippen LogP contribution in [0, 0.1) is 3.57 Å². The van der Waals surface area contributed by atoms with Crippen LogP contribution in [0.5, 0.6) is 0 Å². The summed E-state index contributed by atoms with van der Waals surface area (Å²) in [5.74, 6) is 0. The lowest BCUT2D eigenvalue weighted by Crippen LogP contribution is -2.00. The highest BCUT2D eigenvalue weighted by molar-refractivity contribution is 14.1. The van der Waals surface area contributed by atoms with E-state index in [9.17, 15) is 0 Å². The highest BCUT2D eigenvalue weighted by atomic mass is 127. The third-order valence-corrected chi connectivity index (χ3v) is 2.91. The first-order valence-electron chi connectivity index (χ1n) is 4.42. The average Bonchev–Trinajstić information content (AvgIpc) is 2.10. The van der Waals surface area contributed by atoms with Crippen LogP contribution in [0.2, 0.25) is 5.02 Å². The van der Waals surface area contributed by atoms with Crippen molar-refractivity contribution >= 4 is 39.9 Å². The van der Waals surface area contributed by atoms with E-state index in [1.165, 1.54) is 9.14 Å². The highest BCUT2D eigenvalue weighted by Crippen LogP contribution is 2.22. The molecule has 0 atom stereocenters. The number of anilines is 1. The van der Waals surface area contributed by atoms with Crippen LogP contribution < -0.4 is 5.32 Å².